The maximum atomic E-state index is 12.6. The highest BCUT2D eigenvalue weighted by atomic mass is 35.5. The standard InChI is InChI=1S/C19H18ClN5O5S/c1-12-14(3-2-4-16(12)25(29)30)18(26)21-19(31)23-9-7-22(8-10-23)17-6-5-13(24(27)28)11-15(17)20/h2-6,11H,7-10H2,1H3,(H,21,26,31). The molecule has 2 aromatic carbocycles. The third-order valence-corrected chi connectivity index (χ3v) is 5.68. The Balaban J connectivity index is 1.62. The Morgan fingerprint density at radius 3 is 2.35 bits per heavy atom. The van der Waals surface area contributed by atoms with Gasteiger partial charge in [-0.2, -0.15) is 0 Å². The van der Waals surface area contributed by atoms with Crippen LogP contribution >= 0.6 is 23.8 Å². The number of benzene rings is 2. The van der Waals surface area contributed by atoms with Gasteiger partial charge in [-0.25, -0.2) is 0 Å². The number of nitro benzene ring substituents is 2. The lowest BCUT2D eigenvalue weighted by atomic mass is 10.1. The molecule has 162 valence electrons. The second kappa shape index (κ2) is 9.23. The van der Waals surface area contributed by atoms with E-state index in [1.54, 1.807) is 6.07 Å². The number of amides is 1. The van der Waals surface area contributed by atoms with Crippen molar-refractivity contribution in [3.05, 3.63) is 72.8 Å². The van der Waals surface area contributed by atoms with Gasteiger partial charge >= 0.3 is 0 Å². The smallest absolute Gasteiger partial charge is 0.273 e. The summed E-state index contributed by atoms with van der Waals surface area (Å²) in [7, 11) is 0. The van der Waals surface area contributed by atoms with E-state index in [2.05, 4.69) is 5.32 Å². The van der Waals surface area contributed by atoms with Crippen LogP contribution in [0.2, 0.25) is 5.02 Å². The Bertz CT molecular complexity index is 1070. The molecule has 1 aliphatic rings. The molecule has 0 spiro atoms. The van der Waals surface area contributed by atoms with Crippen LogP contribution in [0.5, 0.6) is 0 Å². The van der Waals surface area contributed by atoms with E-state index in [4.69, 9.17) is 23.8 Å². The van der Waals surface area contributed by atoms with Gasteiger partial charge in [0.2, 0.25) is 0 Å². The highest BCUT2D eigenvalue weighted by molar-refractivity contribution is 7.80. The molecular formula is C19H18ClN5O5S. The lowest BCUT2D eigenvalue weighted by Gasteiger charge is -2.37. The number of rotatable bonds is 4. The summed E-state index contributed by atoms with van der Waals surface area (Å²) in [5.74, 6) is -0.507. The van der Waals surface area contributed by atoms with Crippen LogP contribution in [-0.4, -0.2) is 51.9 Å². The van der Waals surface area contributed by atoms with Crippen LogP contribution in [-0.2, 0) is 0 Å². The Labute approximate surface area is 187 Å². The van der Waals surface area contributed by atoms with Crippen molar-refractivity contribution in [3.8, 4) is 0 Å². The number of non-ortho nitro benzene ring substituents is 1. The number of piperazine rings is 1. The second-order valence-electron chi connectivity index (χ2n) is 6.83. The number of nitrogens with zero attached hydrogens (tertiary/aromatic N) is 4. The van der Waals surface area contributed by atoms with Crippen molar-refractivity contribution in [1.29, 1.82) is 0 Å². The van der Waals surface area contributed by atoms with Crippen molar-refractivity contribution >= 4 is 51.9 Å². The minimum Gasteiger partial charge on any atom is -0.367 e. The van der Waals surface area contributed by atoms with Gasteiger partial charge < -0.3 is 9.80 Å². The van der Waals surface area contributed by atoms with Crippen LogP contribution < -0.4 is 10.2 Å². The lowest BCUT2D eigenvalue weighted by Crippen LogP contribution is -2.52. The molecule has 0 bridgehead atoms. The fourth-order valence-electron chi connectivity index (χ4n) is 3.33. The van der Waals surface area contributed by atoms with Crippen LogP contribution in [0.3, 0.4) is 0 Å². The normalized spacial score (nSPS) is 13.6. The molecule has 31 heavy (non-hydrogen) atoms. The highest BCUT2D eigenvalue weighted by Gasteiger charge is 2.24. The Kier molecular flexibility index (Phi) is 6.66. The monoisotopic (exact) mass is 463 g/mol. The van der Waals surface area contributed by atoms with Gasteiger partial charge in [0.25, 0.3) is 17.3 Å². The quantitative estimate of drug-likeness (QED) is 0.416. The molecule has 1 aliphatic heterocycles. The van der Waals surface area contributed by atoms with E-state index in [0.717, 1.165) is 0 Å². The van der Waals surface area contributed by atoms with Crippen LogP contribution in [0, 0.1) is 27.2 Å². The molecule has 1 fully saturated rings. The molecule has 0 unspecified atom stereocenters. The molecule has 10 nitrogen and oxygen atoms in total. The first kappa shape index (κ1) is 22.4. The average molecular weight is 464 g/mol. The summed E-state index contributed by atoms with van der Waals surface area (Å²) in [6, 6.07) is 8.63. The Hall–Kier alpha value is -3.31. The average Bonchev–Trinajstić information content (AvgIpc) is 2.73. The van der Waals surface area contributed by atoms with Crippen LogP contribution in [0.4, 0.5) is 17.1 Å². The number of halogens is 1. The maximum Gasteiger partial charge on any atom is 0.273 e. The van der Waals surface area contributed by atoms with Crippen molar-refractivity contribution < 1.29 is 14.6 Å². The Morgan fingerprint density at radius 2 is 1.77 bits per heavy atom. The predicted octanol–water partition coefficient (Wildman–Crippen LogP) is 3.30. The summed E-state index contributed by atoms with van der Waals surface area (Å²) in [5, 5.41) is 25.1. The van der Waals surface area contributed by atoms with E-state index in [0.29, 0.717) is 36.9 Å². The van der Waals surface area contributed by atoms with Crippen molar-refractivity contribution in [1.82, 2.24) is 10.2 Å². The van der Waals surface area contributed by atoms with Gasteiger partial charge in [0, 0.05) is 55.5 Å². The molecule has 12 heteroatoms. The van der Waals surface area contributed by atoms with E-state index in [9.17, 15) is 25.0 Å². The third kappa shape index (κ3) is 4.89. The maximum absolute atomic E-state index is 12.6. The molecule has 1 saturated heterocycles. The lowest BCUT2D eigenvalue weighted by molar-refractivity contribution is -0.385. The molecular weight excluding hydrogens is 446 g/mol. The number of carbonyl (C=O) groups excluding carboxylic acids is 1. The Morgan fingerprint density at radius 1 is 1.10 bits per heavy atom. The summed E-state index contributed by atoms with van der Waals surface area (Å²) in [6.07, 6.45) is 0. The summed E-state index contributed by atoms with van der Waals surface area (Å²) in [6.45, 7) is 3.61. The molecule has 0 atom stereocenters. The predicted molar refractivity (Wildman–Crippen MR) is 120 cm³/mol. The molecule has 1 N–H and O–H groups in total. The number of nitrogens with one attached hydrogen (secondary N) is 1. The zero-order valence-corrected chi connectivity index (χ0v) is 18.0. The van der Waals surface area contributed by atoms with Gasteiger partial charge in [0.05, 0.1) is 20.6 Å². The third-order valence-electron chi connectivity index (χ3n) is 5.02. The fourth-order valence-corrected chi connectivity index (χ4v) is 3.90. The van der Waals surface area contributed by atoms with Crippen molar-refractivity contribution in [2.75, 3.05) is 31.1 Å². The first-order chi connectivity index (χ1) is 14.7. The van der Waals surface area contributed by atoms with Gasteiger partial charge in [0.15, 0.2) is 5.11 Å². The number of nitro groups is 2. The number of hydrogen-bond acceptors (Lipinski definition) is 7. The minimum absolute atomic E-state index is 0.0762. The molecule has 0 aromatic heterocycles. The van der Waals surface area contributed by atoms with E-state index in [-0.39, 0.29) is 27.6 Å². The molecule has 1 amide bonds. The number of anilines is 1. The van der Waals surface area contributed by atoms with E-state index in [1.807, 2.05) is 9.80 Å². The first-order valence-electron chi connectivity index (χ1n) is 9.22. The molecule has 0 aliphatic carbocycles. The second-order valence-corrected chi connectivity index (χ2v) is 7.63. The molecule has 0 saturated carbocycles. The summed E-state index contributed by atoms with van der Waals surface area (Å²) < 4.78 is 0. The van der Waals surface area contributed by atoms with E-state index in [1.165, 1.54) is 37.3 Å². The van der Waals surface area contributed by atoms with Crippen molar-refractivity contribution in [2.45, 2.75) is 6.92 Å². The van der Waals surface area contributed by atoms with Crippen LogP contribution in [0.15, 0.2) is 36.4 Å². The zero-order valence-electron chi connectivity index (χ0n) is 16.4. The number of carbonyl (C=O) groups is 1. The highest BCUT2D eigenvalue weighted by Crippen LogP contribution is 2.30. The van der Waals surface area contributed by atoms with Crippen LogP contribution in [0.25, 0.3) is 0 Å². The molecule has 2 aromatic rings. The SMILES string of the molecule is Cc1c(C(=O)NC(=S)N2CCN(c3ccc([N+](=O)[O-])cc3Cl)CC2)cccc1[N+](=O)[O-]. The van der Waals surface area contributed by atoms with Gasteiger partial charge in [-0.3, -0.25) is 30.3 Å². The number of thiocarbonyl (C=S) groups is 1. The fraction of sp³-hybridized carbons (Fsp3) is 0.263. The summed E-state index contributed by atoms with van der Waals surface area (Å²) in [4.78, 5) is 37.3. The minimum atomic E-state index is -0.535. The topological polar surface area (TPSA) is 122 Å². The first-order valence-corrected chi connectivity index (χ1v) is 10.0. The van der Waals surface area contributed by atoms with Crippen molar-refractivity contribution in [2.24, 2.45) is 0 Å². The van der Waals surface area contributed by atoms with Gasteiger partial charge in [-0.05, 0) is 31.3 Å². The zero-order chi connectivity index (χ0) is 22.7. The van der Waals surface area contributed by atoms with Crippen LogP contribution in [0.1, 0.15) is 15.9 Å². The van der Waals surface area contributed by atoms with Crippen molar-refractivity contribution in [3.63, 3.8) is 0 Å². The summed E-state index contributed by atoms with van der Waals surface area (Å²) in [5.41, 5.74) is 0.937. The van der Waals surface area contributed by atoms with Gasteiger partial charge in [0.1, 0.15) is 0 Å². The van der Waals surface area contributed by atoms with E-state index < -0.39 is 15.8 Å². The van der Waals surface area contributed by atoms with E-state index >= 15 is 0 Å². The number of hydrogen-bond donors (Lipinski definition) is 1. The molecule has 3 rings (SSSR count). The largest absolute Gasteiger partial charge is 0.367 e. The van der Waals surface area contributed by atoms with Gasteiger partial charge in [-0.15, -0.1) is 0 Å². The summed E-state index contributed by atoms with van der Waals surface area (Å²) >= 11 is 11.5. The van der Waals surface area contributed by atoms with Gasteiger partial charge in [-0.1, -0.05) is 17.7 Å². The molecule has 0 radical (unpaired) electrons. The molecule has 1 heterocycles.